The second-order valence-electron chi connectivity index (χ2n) is 10.00. The fraction of sp³-hybridized carbons (Fsp3) is 0.400. The van der Waals surface area contributed by atoms with Gasteiger partial charge in [0, 0.05) is 29.3 Å². The zero-order valence-corrected chi connectivity index (χ0v) is 23.0. The number of dihydropyridines is 1. The second kappa shape index (κ2) is 10.7. The van der Waals surface area contributed by atoms with E-state index in [0.29, 0.717) is 29.7 Å². The molecule has 37 heavy (non-hydrogen) atoms. The van der Waals surface area contributed by atoms with E-state index in [2.05, 4.69) is 21.2 Å². The minimum absolute atomic E-state index is 0.0465. The lowest BCUT2D eigenvalue weighted by molar-refractivity contribution is -0.144. The fourth-order valence-electron chi connectivity index (χ4n) is 5.84. The number of allylic oxidation sites excluding steroid dienone is 3. The predicted octanol–water partition coefficient (Wildman–Crippen LogP) is 6.31. The molecule has 1 fully saturated rings. The highest BCUT2D eigenvalue weighted by molar-refractivity contribution is 9.10. The monoisotopic (exact) mass is 565 g/mol. The predicted molar refractivity (Wildman–Crippen MR) is 145 cm³/mol. The van der Waals surface area contributed by atoms with E-state index in [1.54, 1.807) is 14.2 Å². The topological polar surface area (TPSA) is 73.9 Å². The van der Waals surface area contributed by atoms with Crippen molar-refractivity contribution < 1.29 is 23.8 Å². The van der Waals surface area contributed by atoms with Crippen LogP contribution in [-0.4, -0.2) is 32.1 Å². The number of esters is 1. The Morgan fingerprint density at radius 1 is 0.973 bits per heavy atom. The molecule has 7 heteroatoms. The normalized spacial score (nSPS) is 22.0. The van der Waals surface area contributed by atoms with Gasteiger partial charge in [0.25, 0.3) is 0 Å². The van der Waals surface area contributed by atoms with Crippen molar-refractivity contribution >= 4 is 27.7 Å². The molecule has 0 saturated heterocycles. The first-order valence-electron chi connectivity index (χ1n) is 12.8. The van der Waals surface area contributed by atoms with Crippen LogP contribution in [-0.2, 0) is 14.3 Å². The van der Waals surface area contributed by atoms with Crippen LogP contribution in [0, 0.1) is 0 Å². The lowest BCUT2D eigenvalue weighted by Gasteiger charge is -2.37. The molecule has 0 bridgehead atoms. The Hall–Kier alpha value is -3.06. The van der Waals surface area contributed by atoms with Gasteiger partial charge in [-0.25, -0.2) is 4.79 Å². The molecule has 1 aliphatic heterocycles. The molecule has 5 rings (SSSR count). The van der Waals surface area contributed by atoms with E-state index in [-0.39, 0.29) is 23.8 Å². The number of ether oxygens (including phenoxy) is 3. The van der Waals surface area contributed by atoms with Gasteiger partial charge in [0.05, 0.1) is 24.3 Å². The highest BCUT2D eigenvalue weighted by atomic mass is 79.9. The van der Waals surface area contributed by atoms with E-state index >= 15 is 0 Å². The molecule has 1 saturated carbocycles. The van der Waals surface area contributed by atoms with E-state index in [0.717, 1.165) is 58.4 Å². The van der Waals surface area contributed by atoms with Crippen LogP contribution in [0.1, 0.15) is 68.4 Å². The summed E-state index contributed by atoms with van der Waals surface area (Å²) >= 11 is 3.59. The summed E-state index contributed by atoms with van der Waals surface area (Å²) in [5, 5.41) is 3.44. The van der Waals surface area contributed by atoms with Crippen LogP contribution in [0.4, 0.5) is 0 Å². The third kappa shape index (κ3) is 5.06. The molecule has 0 spiro atoms. The van der Waals surface area contributed by atoms with Crippen molar-refractivity contribution in [3.8, 4) is 11.5 Å². The third-order valence-corrected chi connectivity index (χ3v) is 8.34. The maximum absolute atomic E-state index is 13.8. The van der Waals surface area contributed by atoms with Gasteiger partial charge in [-0.3, -0.25) is 4.79 Å². The summed E-state index contributed by atoms with van der Waals surface area (Å²) in [4.78, 5) is 27.4. The summed E-state index contributed by atoms with van der Waals surface area (Å²) in [5.41, 5.74) is 4.74. The average Bonchev–Trinajstić information content (AvgIpc) is 3.40. The Labute approximate surface area is 226 Å². The number of methoxy groups -OCH3 is 2. The van der Waals surface area contributed by atoms with Gasteiger partial charge in [0.1, 0.15) is 17.6 Å². The molecule has 3 aliphatic rings. The summed E-state index contributed by atoms with van der Waals surface area (Å²) in [5.74, 6) is 0.730. The second-order valence-corrected chi connectivity index (χ2v) is 10.9. The highest BCUT2D eigenvalue weighted by Crippen LogP contribution is 2.47. The van der Waals surface area contributed by atoms with Crippen LogP contribution >= 0.6 is 15.9 Å². The standard InChI is InChI=1S/C30H32BrNO5/c1-17-27(30(34)37-22-6-4-5-7-22)28(19-10-13-26(36-3)23(31)14-19)29-24(32-17)15-20(16-25(29)33)18-8-11-21(35-2)12-9-18/h8-14,20,22,28,32H,4-7,15-16H2,1-3H3. The Morgan fingerprint density at radius 3 is 2.32 bits per heavy atom. The van der Waals surface area contributed by atoms with Gasteiger partial charge in [-0.1, -0.05) is 18.2 Å². The Kier molecular flexibility index (Phi) is 7.43. The van der Waals surface area contributed by atoms with Crippen LogP contribution in [0.25, 0.3) is 0 Å². The SMILES string of the molecule is COc1ccc(C2CC(=O)C3=C(C2)NC(C)=C(C(=O)OC2CCCC2)C3c2ccc(OC)c(Br)c2)cc1. The van der Waals surface area contributed by atoms with E-state index in [9.17, 15) is 9.59 Å². The first-order valence-corrected chi connectivity index (χ1v) is 13.6. The number of carbonyl (C=O) groups is 2. The minimum atomic E-state index is -0.503. The maximum atomic E-state index is 13.8. The number of Topliss-reactive ketones (excluding diaryl/α,β-unsaturated/α-hetero) is 1. The fourth-order valence-corrected chi connectivity index (χ4v) is 6.40. The molecule has 2 unspecified atom stereocenters. The smallest absolute Gasteiger partial charge is 0.337 e. The molecule has 6 nitrogen and oxygen atoms in total. The number of hydrogen-bond donors (Lipinski definition) is 1. The third-order valence-electron chi connectivity index (χ3n) is 7.72. The van der Waals surface area contributed by atoms with Crippen LogP contribution in [0.3, 0.4) is 0 Å². The zero-order chi connectivity index (χ0) is 26.1. The molecule has 0 amide bonds. The Balaban J connectivity index is 1.54. The molecular weight excluding hydrogens is 534 g/mol. The summed E-state index contributed by atoms with van der Waals surface area (Å²) in [6.45, 7) is 1.90. The molecular formula is C30H32BrNO5. The van der Waals surface area contributed by atoms with E-state index in [4.69, 9.17) is 14.2 Å². The summed E-state index contributed by atoms with van der Waals surface area (Å²) in [6, 6.07) is 13.6. The van der Waals surface area contributed by atoms with Gasteiger partial charge in [0.15, 0.2) is 5.78 Å². The Bertz CT molecular complexity index is 1270. The molecule has 2 aromatic rings. The first-order chi connectivity index (χ1) is 17.9. The number of nitrogens with one attached hydrogen (secondary N) is 1. The Morgan fingerprint density at radius 2 is 1.68 bits per heavy atom. The van der Waals surface area contributed by atoms with Crippen LogP contribution in [0.2, 0.25) is 0 Å². The number of halogens is 1. The molecule has 2 atom stereocenters. The van der Waals surface area contributed by atoms with Crippen LogP contribution in [0.5, 0.6) is 11.5 Å². The molecule has 0 radical (unpaired) electrons. The summed E-state index contributed by atoms with van der Waals surface area (Å²) in [6.07, 6.45) is 4.93. The van der Waals surface area contributed by atoms with E-state index in [1.807, 2.05) is 49.4 Å². The minimum Gasteiger partial charge on any atom is -0.497 e. The molecule has 194 valence electrons. The van der Waals surface area contributed by atoms with Crippen molar-refractivity contribution in [3.63, 3.8) is 0 Å². The first kappa shape index (κ1) is 25.6. The van der Waals surface area contributed by atoms with Gasteiger partial charge in [0.2, 0.25) is 0 Å². The highest BCUT2D eigenvalue weighted by Gasteiger charge is 2.42. The lowest BCUT2D eigenvalue weighted by Crippen LogP contribution is -2.36. The largest absolute Gasteiger partial charge is 0.497 e. The van der Waals surface area contributed by atoms with Gasteiger partial charge in [-0.15, -0.1) is 0 Å². The van der Waals surface area contributed by atoms with Gasteiger partial charge in [-0.2, -0.15) is 0 Å². The molecule has 0 aromatic heterocycles. The van der Waals surface area contributed by atoms with Crippen LogP contribution in [0.15, 0.2) is 69.5 Å². The molecule has 2 aliphatic carbocycles. The number of carbonyl (C=O) groups excluding carboxylic acids is 2. The van der Waals surface area contributed by atoms with Crippen molar-refractivity contribution in [2.24, 2.45) is 0 Å². The summed E-state index contributed by atoms with van der Waals surface area (Å²) in [7, 11) is 3.26. The quantitative estimate of drug-likeness (QED) is 0.413. The number of benzene rings is 2. The summed E-state index contributed by atoms with van der Waals surface area (Å²) < 4.78 is 17.5. The molecule has 1 heterocycles. The van der Waals surface area contributed by atoms with Crippen LogP contribution < -0.4 is 14.8 Å². The van der Waals surface area contributed by atoms with Gasteiger partial charge >= 0.3 is 5.97 Å². The zero-order valence-electron chi connectivity index (χ0n) is 21.4. The maximum Gasteiger partial charge on any atom is 0.337 e. The van der Waals surface area contributed by atoms with Gasteiger partial charge in [-0.05, 0) is 96.3 Å². The van der Waals surface area contributed by atoms with Crippen molar-refractivity contribution in [3.05, 3.63) is 80.6 Å². The van der Waals surface area contributed by atoms with Crippen molar-refractivity contribution in [1.82, 2.24) is 5.32 Å². The average molecular weight is 566 g/mol. The van der Waals surface area contributed by atoms with Crippen molar-refractivity contribution in [1.29, 1.82) is 0 Å². The lowest BCUT2D eigenvalue weighted by atomic mass is 9.71. The van der Waals surface area contributed by atoms with Gasteiger partial charge < -0.3 is 19.5 Å². The van der Waals surface area contributed by atoms with E-state index in [1.165, 1.54) is 0 Å². The number of ketones is 1. The van der Waals surface area contributed by atoms with Crippen molar-refractivity contribution in [2.45, 2.75) is 63.4 Å². The molecule has 1 N–H and O–H groups in total. The number of rotatable bonds is 6. The van der Waals surface area contributed by atoms with Crippen molar-refractivity contribution in [2.75, 3.05) is 14.2 Å². The number of hydrogen-bond acceptors (Lipinski definition) is 6. The van der Waals surface area contributed by atoms with E-state index < -0.39 is 5.92 Å². The molecule has 2 aromatic carbocycles.